The molecule has 7 heteroatoms. The number of aromatic nitrogens is 3. The van der Waals surface area contributed by atoms with E-state index in [0.29, 0.717) is 24.0 Å². The fraction of sp³-hybridized carbons (Fsp3) is 0.286. The minimum atomic E-state index is -0.337. The predicted octanol–water partition coefficient (Wildman–Crippen LogP) is 1.95. The van der Waals surface area contributed by atoms with Crippen molar-refractivity contribution in [2.24, 2.45) is 0 Å². The zero-order chi connectivity index (χ0) is 15.1. The highest BCUT2D eigenvalue weighted by Gasteiger charge is 2.08. The molecule has 0 bridgehead atoms. The summed E-state index contributed by atoms with van der Waals surface area (Å²) in [4.78, 5) is 24.2. The first-order valence-corrected chi connectivity index (χ1v) is 6.69. The molecule has 2 N–H and O–H groups in total. The molecule has 2 rings (SSSR count). The topological polar surface area (TPSA) is 89.0 Å². The monoisotopic (exact) mass is 287 g/mol. The number of carbonyl (C=O) groups excluding carboxylic acids is 1. The van der Waals surface area contributed by atoms with E-state index in [1.165, 1.54) is 18.6 Å². The van der Waals surface area contributed by atoms with Gasteiger partial charge in [0.05, 0.1) is 30.9 Å². The van der Waals surface area contributed by atoms with E-state index < -0.39 is 0 Å². The number of pyridine rings is 1. The van der Waals surface area contributed by atoms with Gasteiger partial charge in [-0.25, -0.2) is 15.0 Å². The van der Waals surface area contributed by atoms with Crippen molar-refractivity contribution in [1.82, 2.24) is 15.0 Å². The van der Waals surface area contributed by atoms with Crippen molar-refractivity contribution in [1.29, 1.82) is 0 Å². The first kappa shape index (κ1) is 14.7. The minimum absolute atomic E-state index is 0.241. The summed E-state index contributed by atoms with van der Waals surface area (Å²) in [5, 5.41) is 5.71. The molecule has 0 saturated carbocycles. The zero-order valence-corrected chi connectivity index (χ0v) is 12.0. The number of anilines is 2. The molecule has 0 radical (unpaired) electrons. The Bertz CT molecular complexity index is 583. The third-order valence-electron chi connectivity index (χ3n) is 2.53. The van der Waals surface area contributed by atoms with Gasteiger partial charge in [-0.15, -0.1) is 0 Å². The van der Waals surface area contributed by atoms with Crippen LogP contribution in [0.15, 0.2) is 30.7 Å². The maximum Gasteiger partial charge on any atom is 0.275 e. The highest BCUT2D eigenvalue weighted by atomic mass is 16.5. The van der Waals surface area contributed by atoms with E-state index in [1.54, 1.807) is 12.1 Å². The van der Waals surface area contributed by atoms with Crippen molar-refractivity contribution in [3.8, 4) is 5.88 Å². The van der Waals surface area contributed by atoms with Crippen LogP contribution in [-0.4, -0.2) is 34.0 Å². The molecule has 1 amide bonds. The van der Waals surface area contributed by atoms with Crippen LogP contribution >= 0.6 is 0 Å². The lowest BCUT2D eigenvalue weighted by molar-refractivity contribution is 0.102. The van der Waals surface area contributed by atoms with Gasteiger partial charge in [-0.05, 0) is 19.9 Å². The third kappa shape index (κ3) is 4.13. The van der Waals surface area contributed by atoms with E-state index in [9.17, 15) is 4.79 Å². The number of ether oxygens (including phenoxy) is 1. The van der Waals surface area contributed by atoms with E-state index in [0.717, 1.165) is 6.54 Å². The maximum atomic E-state index is 12.0. The average molecular weight is 287 g/mol. The van der Waals surface area contributed by atoms with Crippen LogP contribution < -0.4 is 15.4 Å². The Balaban J connectivity index is 2.00. The molecule has 0 aromatic carbocycles. The smallest absolute Gasteiger partial charge is 0.275 e. The molecule has 7 nitrogen and oxygen atoms in total. The third-order valence-corrected chi connectivity index (χ3v) is 2.53. The fourth-order valence-electron chi connectivity index (χ4n) is 1.60. The highest BCUT2D eigenvalue weighted by Crippen LogP contribution is 2.12. The summed E-state index contributed by atoms with van der Waals surface area (Å²) in [5.74, 6) is 0.818. The van der Waals surface area contributed by atoms with Crippen LogP contribution in [0.3, 0.4) is 0 Å². The summed E-state index contributed by atoms with van der Waals surface area (Å²) in [6.45, 7) is 5.14. The molecule has 0 spiro atoms. The van der Waals surface area contributed by atoms with E-state index >= 15 is 0 Å². The van der Waals surface area contributed by atoms with Crippen LogP contribution in [0.5, 0.6) is 5.88 Å². The molecule has 0 unspecified atom stereocenters. The van der Waals surface area contributed by atoms with Crippen molar-refractivity contribution in [3.05, 3.63) is 36.4 Å². The standard InChI is InChI=1S/C14H17N5O2/c1-3-15-12-9-16-11(8-17-12)14(20)19-10-5-6-13(18-7-10)21-4-2/h5-9H,3-4H2,1-2H3,(H,15,17)(H,19,20). The van der Waals surface area contributed by atoms with Gasteiger partial charge >= 0.3 is 0 Å². The Kier molecular flexibility index (Phi) is 5.03. The van der Waals surface area contributed by atoms with E-state index in [-0.39, 0.29) is 11.6 Å². The molecule has 0 aliphatic carbocycles. The van der Waals surface area contributed by atoms with Crippen molar-refractivity contribution >= 4 is 17.4 Å². The highest BCUT2D eigenvalue weighted by molar-refractivity contribution is 6.02. The summed E-state index contributed by atoms with van der Waals surface area (Å²) in [6, 6.07) is 3.41. The molecular weight excluding hydrogens is 270 g/mol. The van der Waals surface area contributed by atoms with Crippen molar-refractivity contribution < 1.29 is 9.53 Å². The normalized spacial score (nSPS) is 10.0. The van der Waals surface area contributed by atoms with Crippen LogP contribution in [-0.2, 0) is 0 Å². The van der Waals surface area contributed by atoms with Crippen LogP contribution in [0, 0.1) is 0 Å². The van der Waals surface area contributed by atoms with Crippen molar-refractivity contribution in [2.75, 3.05) is 23.8 Å². The Morgan fingerprint density at radius 3 is 2.57 bits per heavy atom. The number of amides is 1. The van der Waals surface area contributed by atoms with Gasteiger partial charge in [0, 0.05) is 12.6 Å². The molecule has 0 aliphatic heterocycles. The fourth-order valence-corrected chi connectivity index (χ4v) is 1.60. The van der Waals surface area contributed by atoms with Crippen molar-refractivity contribution in [3.63, 3.8) is 0 Å². The number of rotatable bonds is 6. The van der Waals surface area contributed by atoms with Gasteiger partial charge in [-0.3, -0.25) is 4.79 Å². The Hall–Kier alpha value is -2.70. The summed E-state index contributed by atoms with van der Waals surface area (Å²) in [7, 11) is 0. The number of hydrogen-bond donors (Lipinski definition) is 2. The first-order valence-electron chi connectivity index (χ1n) is 6.69. The molecule has 0 fully saturated rings. The van der Waals surface area contributed by atoms with Gasteiger partial charge in [0.15, 0.2) is 0 Å². The number of nitrogens with zero attached hydrogens (tertiary/aromatic N) is 3. The summed E-state index contributed by atoms with van der Waals surface area (Å²) in [6.07, 6.45) is 4.48. The molecule has 0 aliphatic rings. The molecule has 2 aromatic heterocycles. The Labute approximate surface area is 122 Å². The van der Waals surface area contributed by atoms with Crippen LogP contribution in [0.4, 0.5) is 11.5 Å². The van der Waals surface area contributed by atoms with Crippen molar-refractivity contribution in [2.45, 2.75) is 13.8 Å². The van der Waals surface area contributed by atoms with Gasteiger partial charge in [0.2, 0.25) is 5.88 Å². The number of nitrogens with one attached hydrogen (secondary N) is 2. The zero-order valence-electron chi connectivity index (χ0n) is 12.0. The number of hydrogen-bond acceptors (Lipinski definition) is 6. The molecule has 21 heavy (non-hydrogen) atoms. The van der Waals surface area contributed by atoms with Gasteiger partial charge in [0.1, 0.15) is 11.5 Å². The lowest BCUT2D eigenvalue weighted by Crippen LogP contribution is -2.14. The molecule has 0 atom stereocenters. The van der Waals surface area contributed by atoms with E-state index in [2.05, 4.69) is 25.6 Å². The Morgan fingerprint density at radius 1 is 1.14 bits per heavy atom. The summed E-state index contributed by atoms with van der Waals surface area (Å²) >= 11 is 0. The van der Waals surface area contributed by atoms with E-state index in [4.69, 9.17) is 4.74 Å². The number of carbonyl (C=O) groups is 1. The van der Waals surface area contributed by atoms with E-state index in [1.807, 2.05) is 13.8 Å². The summed E-state index contributed by atoms with van der Waals surface area (Å²) < 4.78 is 5.23. The van der Waals surface area contributed by atoms with Crippen LogP contribution in [0.2, 0.25) is 0 Å². The maximum absolute atomic E-state index is 12.0. The van der Waals surface area contributed by atoms with Gasteiger partial charge < -0.3 is 15.4 Å². The predicted molar refractivity (Wildman–Crippen MR) is 79.6 cm³/mol. The molecule has 2 heterocycles. The average Bonchev–Trinajstić information content (AvgIpc) is 2.50. The lowest BCUT2D eigenvalue weighted by Gasteiger charge is -2.06. The molecular formula is C14H17N5O2. The molecule has 0 saturated heterocycles. The van der Waals surface area contributed by atoms with Crippen LogP contribution in [0.1, 0.15) is 24.3 Å². The van der Waals surface area contributed by atoms with Gasteiger partial charge in [0.25, 0.3) is 5.91 Å². The largest absolute Gasteiger partial charge is 0.478 e. The lowest BCUT2D eigenvalue weighted by atomic mass is 10.3. The van der Waals surface area contributed by atoms with Gasteiger partial charge in [-0.1, -0.05) is 0 Å². The van der Waals surface area contributed by atoms with Crippen LogP contribution in [0.25, 0.3) is 0 Å². The SMILES string of the molecule is CCNc1cnc(C(=O)Nc2ccc(OCC)nc2)cn1. The minimum Gasteiger partial charge on any atom is -0.478 e. The first-order chi connectivity index (χ1) is 10.2. The second kappa shape index (κ2) is 7.18. The summed E-state index contributed by atoms with van der Waals surface area (Å²) in [5.41, 5.74) is 0.812. The van der Waals surface area contributed by atoms with Gasteiger partial charge in [-0.2, -0.15) is 0 Å². The molecule has 110 valence electrons. The quantitative estimate of drug-likeness (QED) is 0.844. The Morgan fingerprint density at radius 2 is 2.00 bits per heavy atom. The molecule has 2 aromatic rings. The second-order valence-electron chi connectivity index (χ2n) is 4.09. The second-order valence-corrected chi connectivity index (χ2v) is 4.09.